The Morgan fingerprint density at radius 3 is 2.40 bits per heavy atom. The minimum absolute atomic E-state index is 0.0419. The van der Waals surface area contributed by atoms with Crippen LogP contribution in [0.3, 0.4) is 0 Å². The highest BCUT2D eigenvalue weighted by molar-refractivity contribution is 5.57. The molecule has 2 aromatic heterocycles. The van der Waals surface area contributed by atoms with Crippen LogP contribution in [0, 0.1) is 11.8 Å². The molecular formula is C25H28F3N7. The van der Waals surface area contributed by atoms with E-state index in [1.165, 1.54) is 60.6 Å². The third-order valence-electron chi connectivity index (χ3n) is 7.79. The highest BCUT2D eigenvalue weighted by Crippen LogP contribution is 2.44. The molecule has 0 radical (unpaired) electrons. The van der Waals surface area contributed by atoms with Crippen LogP contribution in [0.5, 0.6) is 0 Å². The number of nitrogen functional groups attached to an aromatic ring is 1. The number of aromatic nitrogens is 4. The number of halogens is 3. The zero-order chi connectivity index (χ0) is 24.2. The number of fused-ring (bicyclic) bond motifs is 3. The predicted molar refractivity (Wildman–Crippen MR) is 127 cm³/mol. The Balaban J connectivity index is 1.20. The zero-order valence-corrected chi connectivity index (χ0v) is 19.3. The average Bonchev–Trinajstić information content (AvgIpc) is 3.53. The van der Waals surface area contributed by atoms with Crippen molar-refractivity contribution < 1.29 is 13.2 Å². The molecule has 0 amide bonds. The first-order chi connectivity index (χ1) is 16.8. The minimum atomic E-state index is -4.45. The summed E-state index contributed by atoms with van der Waals surface area (Å²) >= 11 is 0. The Bertz CT molecular complexity index is 1210. The van der Waals surface area contributed by atoms with Gasteiger partial charge < -0.3 is 11.1 Å². The zero-order valence-electron chi connectivity index (χ0n) is 19.3. The number of hydrogen-bond donors (Lipinski definition) is 2. The largest absolute Gasteiger partial charge is 0.417 e. The van der Waals surface area contributed by atoms with Gasteiger partial charge in [0.05, 0.1) is 5.56 Å². The van der Waals surface area contributed by atoms with Gasteiger partial charge in [-0.3, -0.25) is 4.90 Å². The molecule has 1 saturated carbocycles. The van der Waals surface area contributed by atoms with Crippen molar-refractivity contribution in [3.8, 4) is 5.82 Å². The maximum absolute atomic E-state index is 12.8. The molecule has 6 rings (SSSR count). The number of likely N-dealkylation sites (tertiary alicyclic amines) is 1. The van der Waals surface area contributed by atoms with E-state index in [-0.39, 0.29) is 17.7 Å². The van der Waals surface area contributed by atoms with E-state index in [1.54, 1.807) is 0 Å². The first-order valence-corrected chi connectivity index (χ1v) is 12.2. The molecular weight excluding hydrogens is 455 g/mol. The van der Waals surface area contributed by atoms with Crippen molar-refractivity contribution in [2.24, 2.45) is 11.8 Å². The number of pyridine rings is 1. The molecule has 0 spiro atoms. The van der Waals surface area contributed by atoms with Gasteiger partial charge in [-0.2, -0.15) is 22.8 Å². The second kappa shape index (κ2) is 8.51. The predicted octanol–water partition coefficient (Wildman–Crippen LogP) is 4.60. The van der Waals surface area contributed by atoms with Crippen molar-refractivity contribution in [2.75, 3.05) is 24.1 Å². The van der Waals surface area contributed by atoms with E-state index < -0.39 is 11.7 Å². The smallest absolute Gasteiger partial charge is 0.368 e. The van der Waals surface area contributed by atoms with Gasteiger partial charge in [0, 0.05) is 17.9 Å². The number of alkyl halides is 3. The van der Waals surface area contributed by atoms with Crippen molar-refractivity contribution in [1.29, 1.82) is 0 Å². The number of hydrogen-bond acceptors (Lipinski definition) is 6. The first-order valence-electron chi connectivity index (χ1n) is 12.2. The van der Waals surface area contributed by atoms with Crippen LogP contribution in [0.25, 0.3) is 5.82 Å². The molecule has 1 saturated heterocycles. The summed E-state index contributed by atoms with van der Waals surface area (Å²) in [5.41, 5.74) is 8.83. The van der Waals surface area contributed by atoms with E-state index in [4.69, 9.17) is 5.73 Å². The molecule has 3 atom stereocenters. The topological polar surface area (TPSA) is 84.9 Å². The van der Waals surface area contributed by atoms with Crippen LogP contribution in [-0.2, 0) is 19.0 Å². The number of benzene rings is 1. The lowest BCUT2D eigenvalue weighted by molar-refractivity contribution is -0.137. The summed E-state index contributed by atoms with van der Waals surface area (Å²) in [7, 11) is 0. The van der Waals surface area contributed by atoms with E-state index >= 15 is 0 Å². The first kappa shape index (κ1) is 22.3. The lowest BCUT2D eigenvalue weighted by atomic mass is 9.93. The van der Waals surface area contributed by atoms with Crippen molar-refractivity contribution >= 4 is 17.6 Å². The van der Waals surface area contributed by atoms with Crippen LogP contribution in [0.4, 0.5) is 30.8 Å². The van der Waals surface area contributed by atoms with Gasteiger partial charge in [-0.1, -0.05) is 6.07 Å². The third-order valence-corrected chi connectivity index (χ3v) is 7.79. The fourth-order valence-electron chi connectivity index (χ4n) is 6.25. The van der Waals surface area contributed by atoms with Crippen molar-refractivity contribution in [3.63, 3.8) is 0 Å². The Labute approximate surface area is 201 Å². The van der Waals surface area contributed by atoms with Crippen molar-refractivity contribution in [3.05, 3.63) is 53.2 Å². The number of nitrogens with two attached hydrogens (primary N) is 1. The van der Waals surface area contributed by atoms with Gasteiger partial charge in [-0.15, -0.1) is 5.10 Å². The SMILES string of the molecule is Nc1nc(Nc2ccc3c(c2)C[C@H]2CC[C@@H](C3)C2N2CCCC2)nn1-c1ccc(C(F)(F)F)cn1. The van der Waals surface area contributed by atoms with Gasteiger partial charge in [0.2, 0.25) is 11.9 Å². The highest BCUT2D eigenvalue weighted by Gasteiger charge is 2.42. The van der Waals surface area contributed by atoms with E-state index in [9.17, 15) is 13.2 Å². The number of nitrogens with one attached hydrogen (secondary N) is 1. The third kappa shape index (κ3) is 4.24. The van der Waals surface area contributed by atoms with Gasteiger partial charge in [0.15, 0.2) is 5.82 Å². The molecule has 1 aromatic carbocycles. The van der Waals surface area contributed by atoms with Crippen LogP contribution in [0.15, 0.2) is 36.5 Å². The van der Waals surface area contributed by atoms with E-state index in [1.807, 2.05) is 6.07 Å². The molecule has 1 aliphatic heterocycles. The number of nitrogens with zero attached hydrogens (tertiary/aromatic N) is 5. The maximum atomic E-state index is 12.8. The summed E-state index contributed by atoms with van der Waals surface area (Å²) in [5, 5.41) is 7.53. The van der Waals surface area contributed by atoms with E-state index in [2.05, 4.69) is 37.4 Å². The van der Waals surface area contributed by atoms with Gasteiger partial charge in [0.25, 0.3) is 0 Å². The van der Waals surface area contributed by atoms with E-state index in [0.29, 0.717) is 12.0 Å². The fraction of sp³-hybridized carbons (Fsp3) is 0.480. The second-order valence-corrected chi connectivity index (χ2v) is 9.96. The monoisotopic (exact) mass is 483 g/mol. The number of rotatable bonds is 4. The maximum Gasteiger partial charge on any atom is 0.417 e. The van der Waals surface area contributed by atoms with Gasteiger partial charge in [0.1, 0.15) is 0 Å². The van der Waals surface area contributed by atoms with Crippen LogP contribution >= 0.6 is 0 Å². The normalized spacial score (nSPS) is 24.4. The molecule has 184 valence electrons. The summed E-state index contributed by atoms with van der Waals surface area (Å²) in [6.07, 6.45) is 3.79. The lowest BCUT2D eigenvalue weighted by Gasteiger charge is -2.32. The van der Waals surface area contributed by atoms with Crippen LogP contribution in [-0.4, -0.2) is 43.8 Å². The van der Waals surface area contributed by atoms with E-state index in [0.717, 1.165) is 36.7 Å². The Morgan fingerprint density at radius 1 is 0.971 bits per heavy atom. The summed E-state index contributed by atoms with van der Waals surface area (Å²) in [6.45, 7) is 2.48. The fourth-order valence-corrected chi connectivity index (χ4v) is 6.25. The standard InChI is InChI=1S/C25H28F3N7/c26-25(27,28)19-6-8-21(30-14-19)35-23(29)32-24(33-35)31-20-7-5-15-11-16-3-4-17(12-18(15)13-20)22(16)34-9-1-2-10-34/h5-8,13-14,16-17,22H,1-4,9-12H2,(H3,29,31,32,33)/t16-,17+,22?/m0/s1. The lowest BCUT2D eigenvalue weighted by Crippen LogP contribution is -2.40. The molecule has 3 aliphatic rings. The highest BCUT2D eigenvalue weighted by atomic mass is 19.4. The molecule has 10 heteroatoms. The Hall–Kier alpha value is -3.14. The Kier molecular flexibility index (Phi) is 5.43. The summed E-state index contributed by atoms with van der Waals surface area (Å²) < 4.78 is 39.7. The van der Waals surface area contributed by atoms with Gasteiger partial charge >= 0.3 is 6.18 Å². The van der Waals surface area contributed by atoms with Crippen LogP contribution in [0.1, 0.15) is 42.4 Å². The van der Waals surface area contributed by atoms with Crippen LogP contribution in [0.2, 0.25) is 0 Å². The molecule has 2 fully saturated rings. The minimum Gasteiger partial charge on any atom is -0.368 e. The summed E-state index contributed by atoms with van der Waals surface area (Å²) in [5.74, 6) is 1.93. The second-order valence-electron chi connectivity index (χ2n) is 9.96. The molecule has 35 heavy (non-hydrogen) atoms. The van der Waals surface area contributed by atoms with Crippen molar-refractivity contribution in [1.82, 2.24) is 24.6 Å². The Morgan fingerprint density at radius 2 is 1.71 bits per heavy atom. The summed E-state index contributed by atoms with van der Waals surface area (Å²) in [4.78, 5) is 10.8. The molecule has 3 heterocycles. The summed E-state index contributed by atoms with van der Waals surface area (Å²) in [6, 6.07) is 9.31. The van der Waals surface area contributed by atoms with Crippen molar-refractivity contribution in [2.45, 2.75) is 50.7 Å². The van der Waals surface area contributed by atoms with Crippen LogP contribution < -0.4 is 11.1 Å². The average molecular weight is 484 g/mol. The molecule has 7 nitrogen and oxygen atoms in total. The van der Waals surface area contributed by atoms with Gasteiger partial charge in [-0.05, 0) is 98.8 Å². The molecule has 3 N–H and O–H groups in total. The molecule has 2 bridgehead atoms. The molecule has 1 unspecified atom stereocenters. The quantitative estimate of drug-likeness (QED) is 0.565. The van der Waals surface area contributed by atoms with Gasteiger partial charge in [-0.25, -0.2) is 4.98 Å². The molecule has 3 aromatic rings. The molecule has 2 aliphatic carbocycles. The number of anilines is 3.